The molecule has 5 rings (SSSR count). The summed E-state index contributed by atoms with van der Waals surface area (Å²) in [5.41, 5.74) is 8.76. The fourth-order valence-electron chi connectivity index (χ4n) is 3.98. The molecule has 0 bridgehead atoms. The molecule has 12 nitrogen and oxygen atoms in total. The Bertz CT molecular complexity index is 1490. The Balaban J connectivity index is 1.14. The highest BCUT2D eigenvalue weighted by Gasteiger charge is 2.31. The van der Waals surface area contributed by atoms with E-state index in [0.717, 1.165) is 11.1 Å². The van der Waals surface area contributed by atoms with Gasteiger partial charge in [-0.1, -0.05) is 12.1 Å². The lowest BCUT2D eigenvalue weighted by atomic mass is 10.2. The van der Waals surface area contributed by atoms with E-state index in [0.29, 0.717) is 47.3 Å². The second kappa shape index (κ2) is 14.6. The van der Waals surface area contributed by atoms with Crippen molar-refractivity contribution in [3.8, 4) is 11.5 Å². The number of hydrogen-bond donors (Lipinski definition) is 2. The van der Waals surface area contributed by atoms with Crippen molar-refractivity contribution in [2.45, 2.75) is 26.4 Å². The maximum Gasteiger partial charge on any atom is 0.271 e. The average molecular weight is 595 g/mol. The fraction of sp³-hybridized carbons (Fsp3) is 0.188. The number of aromatic nitrogens is 2. The maximum absolute atomic E-state index is 12.6. The summed E-state index contributed by atoms with van der Waals surface area (Å²) in [4.78, 5) is 33.2. The lowest BCUT2D eigenvalue weighted by Crippen LogP contribution is -2.45. The van der Waals surface area contributed by atoms with Gasteiger partial charge in [-0.2, -0.15) is 10.2 Å². The van der Waals surface area contributed by atoms with E-state index < -0.39 is 12.6 Å². The van der Waals surface area contributed by atoms with Crippen LogP contribution in [0.3, 0.4) is 0 Å². The van der Waals surface area contributed by atoms with Gasteiger partial charge in [-0.15, -0.1) is 0 Å². The zero-order valence-electron chi connectivity index (χ0n) is 24.0. The van der Waals surface area contributed by atoms with Crippen molar-refractivity contribution in [1.29, 1.82) is 0 Å². The minimum Gasteiger partial charge on any atom is -0.458 e. The van der Waals surface area contributed by atoms with Crippen LogP contribution < -0.4 is 20.3 Å². The summed E-state index contributed by atoms with van der Waals surface area (Å²) in [7, 11) is 0. The predicted octanol–water partition coefficient (Wildman–Crippen LogP) is 3.94. The van der Waals surface area contributed by atoms with Crippen molar-refractivity contribution in [2.24, 2.45) is 10.2 Å². The van der Waals surface area contributed by atoms with Crippen molar-refractivity contribution < 1.29 is 28.5 Å². The molecule has 1 fully saturated rings. The Kier molecular flexibility index (Phi) is 9.98. The molecular weight excluding hydrogens is 564 g/mol. The third kappa shape index (κ3) is 8.09. The summed E-state index contributed by atoms with van der Waals surface area (Å²) in [6, 6.07) is 20.4. The summed E-state index contributed by atoms with van der Waals surface area (Å²) < 4.78 is 23.4. The number of pyridine rings is 2. The molecule has 1 aliphatic heterocycles. The molecule has 1 aliphatic rings. The van der Waals surface area contributed by atoms with Crippen LogP contribution in [-0.4, -0.2) is 59.0 Å². The average Bonchev–Trinajstić information content (AvgIpc) is 3.08. The molecule has 224 valence electrons. The zero-order chi connectivity index (χ0) is 30.7. The first kappa shape index (κ1) is 30.0. The molecule has 44 heavy (non-hydrogen) atoms. The number of hydrazone groups is 2. The van der Waals surface area contributed by atoms with Crippen LogP contribution in [0.2, 0.25) is 0 Å². The van der Waals surface area contributed by atoms with Crippen LogP contribution in [0.5, 0.6) is 11.5 Å². The third-order valence-corrected chi connectivity index (χ3v) is 6.42. The summed E-state index contributed by atoms with van der Waals surface area (Å²) in [5.74, 6) is 0.168. The second-order valence-electron chi connectivity index (χ2n) is 9.52. The lowest BCUT2D eigenvalue weighted by Gasteiger charge is -2.31. The van der Waals surface area contributed by atoms with Gasteiger partial charge in [0.1, 0.15) is 11.5 Å². The normalized spacial score (nSPS) is 17.0. The van der Waals surface area contributed by atoms with E-state index in [-0.39, 0.29) is 11.8 Å². The summed E-state index contributed by atoms with van der Waals surface area (Å²) in [5, 5.41) is 8.28. The van der Waals surface area contributed by atoms with E-state index in [1.54, 1.807) is 99.3 Å². The number of amides is 2. The number of nitrogens with zero attached hydrogens (tertiary/aromatic N) is 4. The van der Waals surface area contributed by atoms with Crippen LogP contribution in [0.4, 0.5) is 0 Å². The minimum atomic E-state index is -0.872. The molecule has 0 spiro atoms. The highest BCUT2D eigenvalue weighted by molar-refractivity contribution is 6.01. The van der Waals surface area contributed by atoms with Gasteiger partial charge in [0.2, 0.25) is 0 Å². The number of rotatable bonds is 10. The topological polar surface area (TPSA) is 146 Å². The summed E-state index contributed by atoms with van der Waals surface area (Å²) >= 11 is 0. The minimum absolute atomic E-state index is 0.317. The molecule has 3 heterocycles. The van der Waals surface area contributed by atoms with Gasteiger partial charge in [-0.05, 0) is 74.5 Å². The number of benzene rings is 2. The molecule has 2 atom stereocenters. The molecular formula is C32H30N6O6. The smallest absolute Gasteiger partial charge is 0.271 e. The molecule has 0 saturated carbocycles. The van der Waals surface area contributed by atoms with Gasteiger partial charge >= 0.3 is 0 Å². The van der Waals surface area contributed by atoms with Gasteiger partial charge in [-0.25, -0.2) is 10.9 Å². The Labute approximate surface area is 253 Å². The van der Waals surface area contributed by atoms with Crippen molar-refractivity contribution in [3.05, 3.63) is 120 Å². The van der Waals surface area contributed by atoms with E-state index in [9.17, 15) is 9.59 Å². The van der Waals surface area contributed by atoms with E-state index >= 15 is 0 Å². The molecule has 4 aromatic rings. The van der Waals surface area contributed by atoms with E-state index in [1.165, 1.54) is 0 Å². The van der Waals surface area contributed by atoms with Gasteiger partial charge in [0, 0.05) is 47.0 Å². The van der Waals surface area contributed by atoms with Gasteiger partial charge in [0.05, 0.1) is 24.6 Å². The zero-order valence-corrected chi connectivity index (χ0v) is 24.0. The molecule has 2 aromatic carbocycles. The van der Waals surface area contributed by atoms with Gasteiger partial charge in [0.15, 0.2) is 0 Å². The third-order valence-electron chi connectivity index (χ3n) is 6.42. The van der Waals surface area contributed by atoms with E-state index in [1.807, 2.05) is 12.1 Å². The Morgan fingerprint density at radius 2 is 1.07 bits per heavy atom. The Hall–Kier alpha value is -5.46. The number of ether oxygens (including phenoxy) is 4. The highest BCUT2D eigenvalue weighted by atomic mass is 16.8. The van der Waals surface area contributed by atoms with Crippen molar-refractivity contribution in [3.63, 3.8) is 0 Å². The van der Waals surface area contributed by atoms with E-state index in [4.69, 9.17) is 18.9 Å². The van der Waals surface area contributed by atoms with Crippen LogP contribution in [0, 0.1) is 0 Å². The molecule has 12 heteroatoms. The number of carbonyl (C=O) groups is 2. The monoisotopic (exact) mass is 594 g/mol. The first-order chi connectivity index (χ1) is 21.5. The first-order valence-electron chi connectivity index (χ1n) is 13.7. The standard InChI is InChI=1S/C32H30N6O6/c1-21(25-5-3-15-33-19-25)35-37-29(39)23-7-11-27(12-8-23)43-31-32(42-18-17-41-31)44-28-13-9-24(10-14-28)30(40)38-36-22(2)26-6-4-16-34-20-26/h3-16,19-20,31-32H,17-18H2,1-2H3,(H,37,39)(H,38,40)/b35-21-,36-22-/t31-,32-/m0/s1. The number of carbonyl (C=O) groups excluding carboxylic acids is 2. The lowest BCUT2D eigenvalue weighted by molar-refractivity contribution is -0.271. The SMILES string of the molecule is C/C(=N/NC(=O)c1ccc(O[C@@H]2OCCO[C@H]2Oc2ccc(C(=O)N/N=C(/C)c3cccnc3)cc2)cc1)c1cccnc1. The Morgan fingerprint density at radius 1 is 0.659 bits per heavy atom. The van der Waals surface area contributed by atoms with Crippen molar-refractivity contribution in [1.82, 2.24) is 20.8 Å². The van der Waals surface area contributed by atoms with Crippen LogP contribution in [0.25, 0.3) is 0 Å². The molecule has 2 amide bonds. The largest absolute Gasteiger partial charge is 0.458 e. The van der Waals surface area contributed by atoms with Crippen LogP contribution in [0.15, 0.2) is 108 Å². The van der Waals surface area contributed by atoms with Crippen LogP contribution >= 0.6 is 0 Å². The molecule has 0 aliphatic carbocycles. The molecule has 2 N–H and O–H groups in total. The van der Waals surface area contributed by atoms with Crippen LogP contribution in [0.1, 0.15) is 45.7 Å². The summed E-state index contributed by atoms with van der Waals surface area (Å²) in [6.07, 6.45) is 4.93. The Morgan fingerprint density at radius 3 is 1.43 bits per heavy atom. The van der Waals surface area contributed by atoms with Gasteiger partial charge < -0.3 is 18.9 Å². The first-order valence-corrected chi connectivity index (χ1v) is 13.7. The second-order valence-corrected chi connectivity index (χ2v) is 9.52. The predicted molar refractivity (Wildman–Crippen MR) is 161 cm³/mol. The fourth-order valence-corrected chi connectivity index (χ4v) is 3.98. The van der Waals surface area contributed by atoms with E-state index in [2.05, 4.69) is 31.0 Å². The molecule has 0 radical (unpaired) electrons. The molecule has 0 unspecified atom stereocenters. The highest BCUT2D eigenvalue weighted by Crippen LogP contribution is 2.22. The maximum atomic E-state index is 12.6. The van der Waals surface area contributed by atoms with Crippen molar-refractivity contribution >= 4 is 23.2 Å². The van der Waals surface area contributed by atoms with Gasteiger partial charge in [0.25, 0.3) is 24.4 Å². The number of nitrogens with one attached hydrogen (secondary N) is 2. The molecule has 1 saturated heterocycles. The number of hydrogen-bond acceptors (Lipinski definition) is 10. The van der Waals surface area contributed by atoms with Crippen LogP contribution in [-0.2, 0) is 9.47 Å². The molecule has 2 aromatic heterocycles. The van der Waals surface area contributed by atoms with Gasteiger partial charge in [-0.3, -0.25) is 19.6 Å². The summed E-state index contributed by atoms with van der Waals surface area (Å²) in [6.45, 7) is 4.20. The van der Waals surface area contributed by atoms with Crippen molar-refractivity contribution in [2.75, 3.05) is 13.2 Å². The quantitative estimate of drug-likeness (QED) is 0.207.